The van der Waals surface area contributed by atoms with Crippen molar-refractivity contribution in [1.82, 2.24) is 10.6 Å². The van der Waals surface area contributed by atoms with E-state index >= 15 is 0 Å². The summed E-state index contributed by atoms with van der Waals surface area (Å²) in [7, 11) is 0. The van der Waals surface area contributed by atoms with Crippen LogP contribution in [0.25, 0.3) is 11.1 Å². The average molecular weight is 627 g/mol. The van der Waals surface area contributed by atoms with Gasteiger partial charge in [0.2, 0.25) is 0 Å². The largest absolute Gasteiger partial charge is 0.480 e. The average Bonchev–Trinajstić information content (AvgIpc) is 2.98. The van der Waals surface area contributed by atoms with Crippen LogP contribution < -0.4 is 10.6 Å². The van der Waals surface area contributed by atoms with E-state index in [1.54, 1.807) is 42.1 Å². The van der Waals surface area contributed by atoms with Gasteiger partial charge in [-0.15, -0.1) is 11.8 Å². The van der Waals surface area contributed by atoms with Crippen molar-refractivity contribution in [1.29, 1.82) is 0 Å². The number of amides is 2. The van der Waals surface area contributed by atoms with Crippen LogP contribution in [0.2, 0.25) is 10.0 Å². The first-order valence-electron chi connectivity index (χ1n) is 13.3. The summed E-state index contributed by atoms with van der Waals surface area (Å²) in [6.07, 6.45) is 1.36. The van der Waals surface area contributed by atoms with Gasteiger partial charge in [0.25, 0.3) is 11.8 Å². The lowest BCUT2D eigenvalue weighted by Gasteiger charge is -2.16. The molecule has 0 radical (unpaired) electrons. The van der Waals surface area contributed by atoms with Gasteiger partial charge in [0.1, 0.15) is 6.04 Å². The quantitative estimate of drug-likeness (QED) is 0.237. The number of carbonyl (C=O) groups is 4. The fraction of sp³-hybridized carbons (Fsp3) is 0.258. The predicted octanol–water partition coefficient (Wildman–Crippen LogP) is 5.70. The number of carbonyl (C=O) groups excluding carboxylic acids is 3. The molecule has 8 nitrogen and oxygen atoms in total. The number of aliphatic carboxylic acids is 1. The molecule has 3 aromatic carbocycles. The number of nitrogens with zero attached hydrogens (tertiary/aromatic N) is 1. The maximum absolute atomic E-state index is 12.9. The molecule has 0 fully saturated rings. The summed E-state index contributed by atoms with van der Waals surface area (Å²) in [5.74, 6) is -1.83. The molecule has 0 unspecified atom stereocenters. The van der Waals surface area contributed by atoms with E-state index in [2.05, 4.69) is 15.6 Å². The van der Waals surface area contributed by atoms with Crippen LogP contribution in [0.3, 0.4) is 0 Å². The lowest BCUT2D eigenvalue weighted by Crippen LogP contribution is -2.41. The molecule has 4 rings (SSSR count). The van der Waals surface area contributed by atoms with Gasteiger partial charge in [0.05, 0.1) is 27.2 Å². The molecule has 1 aliphatic heterocycles. The van der Waals surface area contributed by atoms with Crippen LogP contribution in [0.5, 0.6) is 0 Å². The topological polar surface area (TPSA) is 125 Å². The first-order valence-corrected chi connectivity index (χ1v) is 15.1. The number of hydrogen-bond acceptors (Lipinski definition) is 6. The highest BCUT2D eigenvalue weighted by Gasteiger charge is 2.25. The summed E-state index contributed by atoms with van der Waals surface area (Å²) in [6.45, 7) is 0.547. The van der Waals surface area contributed by atoms with Gasteiger partial charge in [-0.2, -0.15) is 0 Å². The van der Waals surface area contributed by atoms with E-state index < -0.39 is 23.8 Å². The Labute approximate surface area is 257 Å². The van der Waals surface area contributed by atoms with Crippen LogP contribution in [-0.2, 0) is 16.0 Å². The van der Waals surface area contributed by atoms with E-state index in [0.29, 0.717) is 17.5 Å². The summed E-state index contributed by atoms with van der Waals surface area (Å²) < 4.78 is 0. The van der Waals surface area contributed by atoms with Crippen LogP contribution in [-0.4, -0.2) is 58.6 Å². The number of Topliss-reactive ketones (excluding diaryl/α,β-unsaturated/α-hetero) is 1. The van der Waals surface area contributed by atoms with Gasteiger partial charge < -0.3 is 15.7 Å². The zero-order valence-electron chi connectivity index (χ0n) is 22.6. The minimum Gasteiger partial charge on any atom is -0.480 e. The molecule has 3 aromatic rings. The smallest absolute Gasteiger partial charge is 0.326 e. The molecule has 42 heavy (non-hydrogen) atoms. The molecule has 1 atom stereocenters. The Bertz CT molecular complexity index is 1490. The third kappa shape index (κ3) is 8.67. The number of benzene rings is 3. The Morgan fingerprint density at radius 1 is 0.929 bits per heavy atom. The highest BCUT2D eigenvalue weighted by molar-refractivity contribution is 8.14. The lowest BCUT2D eigenvalue weighted by atomic mass is 10.0. The maximum atomic E-state index is 12.9. The molecule has 0 spiro atoms. The van der Waals surface area contributed by atoms with Crippen molar-refractivity contribution in [3.05, 3.63) is 93.5 Å². The molecule has 1 heterocycles. The second kappa shape index (κ2) is 15.0. The first-order chi connectivity index (χ1) is 20.2. The van der Waals surface area contributed by atoms with Crippen LogP contribution >= 0.6 is 35.0 Å². The van der Waals surface area contributed by atoms with E-state index in [9.17, 15) is 24.3 Å². The molecule has 3 N–H and O–H groups in total. The number of carboxylic acids is 1. The Morgan fingerprint density at radius 3 is 2.33 bits per heavy atom. The molecule has 0 aliphatic carbocycles. The molecule has 218 valence electrons. The summed E-state index contributed by atoms with van der Waals surface area (Å²) in [4.78, 5) is 54.4. The lowest BCUT2D eigenvalue weighted by molar-refractivity contribution is -0.139. The fourth-order valence-electron chi connectivity index (χ4n) is 4.36. The zero-order valence-corrected chi connectivity index (χ0v) is 24.9. The fourth-order valence-corrected chi connectivity index (χ4v) is 5.98. The monoisotopic (exact) mass is 625 g/mol. The summed E-state index contributed by atoms with van der Waals surface area (Å²) in [5, 5.41) is 15.8. The van der Waals surface area contributed by atoms with Gasteiger partial charge in [-0.05, 0) is 53.8 Å². The number of hydrogen-bond donors (Lipinski definition) is 3. The highest BCUT2D eigenvalue weighted by atomic mass is 35.5. The second-order valence-electron chi connectivity index (χ2n) is 9.66. The number of rotatable bonds is 12. The Kier molecular flexibility index (Phi) is 11.2. The second-order valence-corrected chi connectivity index (χ2v) is 11.6. The van der Waals surface area contributed by atoms with Crippen LogP contribution in [0.15, 0.2) is 71.7 Å². The molecule has 0 saturated heterocycles. The first kappa shape index (κ1) is 31.3. The summed E-state index contributed by atoms with van der Waals surface area (Å²) >= 11 is 14.4. The zero-order chi connectivity index (χ0) is 30.1. The number of aliphatic imine (C=N–C) groups is 1. The van der Waals surface area contributed by atoms with Crippen molar-refractivity contribution in [2.24, 2.45) is 4.99 Å². The van der Waals surface area contributed by atoms with Crippen molar-refractivity contribution < 1.29 is 24.3 Å². The molecule has 0 bridgehead atoms. The van der Waals surface area contributed by atoms with Crippen molar-refractivity contribution >= 4 is 63.6 Å². The normalized spacial score (nSPS) is 13.5. The van der Waals surface area contributed by atoms with Crippen LogP contribution in [0, 0.1) is 0 Å². The minimum atomic E-state index is -1.37. The van der Waals surface area contributed by atoms with Gasteiger partial charge in [0.15, 0.2) is 5.78 Å². The van der Waals surface area contributed by atoms with Gasteiger partial charge in [-0.25, -0.2) is 4.79 Å². The Balaban J connectivity index is 1.30. The number of ketones is 1. The molecule has 2 amide bonds. The van der Waals surface area contributed by atoms with E-state index in [1.807, 2.05) is 36.4 Å². The number of nitrogens with one attached hydrogen (secondary N) is 2. The van der Waals surface area contributed by atoms with Gasteiger partial charge >= 0.3 is 5.97 Å². The van der Waals surface area contributed by atoms with Gasteiger partial charge in [0, 0.05) is 30.7 Å². The number of thioether (sulfide) groups is 1. The number of halogens is 2. The SMILES string of the molecule is O=C(CC[C@@H](NC(=O)c1c(Cl)cc(-c2ccccc2)cc1Cl)C(=O)O)CNC(=O)c1cccc(CC2=NCCCS2)c1. The van der Waals surface area contributed by atoms with E-state index in [-0.39, 0.29) is 40.8 Å². The van der Waals surface area contributed by atoms with E-state index in [1.165, 1.54) is 0 Å². The molecule has 11 heteroatoms. The van der Waals surface area contributed by atoms with Crippen molar-refractivity contribution in [2.45, 2.75) is 31.7 Å². The standard InChI is InChI=1S/C31H29Cl2N3O5S/c32-24-16-22(20-7-2-1-3-8-20)17-25(33)28(24)30(39)36-26(31(40)41)11-10-23(37)18-35-29(38)21-9-4-6-19(14-21)15-27-34-12-5-13-42-27/h1-4,6-9,14,16-17,26H,5,10-13,15,18H2,(H,35,38)(H,36,39)(H,40,41)/t26-/m1/s1. The van der Waals surface area contributed by atoms with Crippen LogP contribution in [0.4, 0.5) is 0 Å². The van der Waals surface area contributed by atoms with Crippen LogP contribution in [0.1, 0.15) is 45.5 Å². The Morgan fingerprint density at radius 2 is 1.67 bits per heavy atom. The third-order valence-corrected chi connectivity index (χ3v) is 8.24. The van der Waals surface area contributed by atoms with Crippen molar-refractivity contribution in [3.8, 4) is 11.1 Å². The molecule has 0 aromatic heterocycles. The van der Waals surface area contributed by atoms with Gasteiger partial charge in [-0.3, -0.25) is 19.4 Å². The minimum absolute atomic E-state index is 0.0563. The van der Waals surface area contributed by atoms with Crippen molar-refractivity contribution in [2.75, 3.05) is 18.8 Å². The van der Waals surface area contributed by atoms with Gasteiger partial charge in [-0.1, -0.05) is 65.7 Å². The summed E-state index contributed by atoms with van der Waals surface area (Å²) in [6, 6.07) is 18.3. The third-order valence-electron chi connectivity index (χ3n) is 6.54. The van der Waals surface area contributed by atoms with E-state index in [0.717, 1.165) is 34.9 Å². The highest BCUT2D eigenvalue weighted by Crippen LogP contribution is 2.32. The Hall–Kier alpha value is -3.66. The molecule has 0 saturated carbocycles. The van der Waals surface area contributed by atoms with E-state index in [4.69, 9.17) is 23.2 Å². The number of carboxylic acid groups (broad SMARTS) is 1. The predicted molar refractivity (Wildman–Crippen MR) is 167 cm³/mol. The molecular formula is C31H29Cl2N3O5S. The summed E-state index contributed by atoms with van der Waals surface area (Å²) in [5.41, 5.74) is 2.87. The molecular weight excluding hydrogens is 597 g/mol. The van der Waals surface area contributed by atoms with Crippen molar-refractivity contribution in [3.63, 3.8) is 0 Å². The molecule has 1 aliphatic rings. The maximum Gasteiger partial charge on any atom is 0.326 e.